The highest BCUT2D eigenvalue weighted by molar-refractivity contribution is 5.81. The van der Waals surface area contributed by atoms with E-state index in [2.05, 4.69) is 0 Å². The lowest BCUT2D eigenvalue weighted by molar-refractivity contribution is -0.138. The van der Waals surface area contributed by atoms with E-state index in [4.69, 9.17) is 4.74 Å². The Morgan fingerprint density at radius 1 is 0.815 bits per heavy atom. The second-order valence-corrected chi connectivity index (χ2v) is 6.59. The van der Waals surface area contributed by atoms with Crippen LogP contribution in [0.4, 0.5) is 4.39 Å². The maximum Gasteiger partial charge on any atom is 0.227 e. The van der Waals surface area contributed by atoms with Gasteiger partial charge in [-0.15, -0.1) is 0 Å². The summed E-state index contributed by atoms with van der Waals surface area (Å²) >= 11 is 0. The van der Waals surface area contributed by atoms with Gasteiger partial charge in [-0.05, 0) is 35.4 Å². The molecule has 1 heterocycles. The van der Waals surface area contributed by atoms with E-state index in [1.165, 1.54) is 12.1 Å². The first-order chi connectivity index (χ1) is 13.0. The zero-order valence-electron chi connectivity index (χ0n) is 15.4. The van der Waals surface area contributed by atoms with Gasteiger partial charge >= 0.3 is 0 Å². The van der Waals surface area contributed by atoms with Crippen molar-refractivity contribution in [3.63, 3.8) is 0 Å². The summed E-state index contributed by atoms with van der Waals surface area (Å²) in [5, 5.41) is 0. The van der Waals surface area contributed by atoms with Crippen LogP contribution in [-0.2, 0) is 22.4 Å². The number of halogens is 1. The molecule has 142 valence electrons. The molecule has 1 aliphatic rings. The Bertz CT molecular complexity index is 782. The van der Waals surface area contributed by atoms with Crippen LogP contribution in [0.2, 0.25) is 0 Å². The highest BCUT2D eigenvalue weighted by atomic mass is 19.1. The van der Waals surface area contributed by atoms with Gasteiger partial charge in [-0.25, -0.2) is 4.39 Å². The van der Waals surface area contributed by atoms with Crippen molar-refractivity contribution in [3.8, 4) is 5.75 Å². The Morgan fingerprint density at radius 2 is 1.22 bits per heavy atom. The highest BCUT2D eigenvalue weighted by Gasteiger charge is 2.24. The number of carbonyl (C=O) groups is 2. The SMILES string of the molecule is COc1ccc(CC(=O)N2CCN(C(=O)Cc3ccc(F)cc3)CC2)cc1. The van der Waals surface area contributed by atoms with Crippen molar-refractivity contribution < 1.29 is 18.7 Å². The average Bonchev–Trinajstić information content (AvgIpc) is 2.70. The zero-order valence-corrected chi connectivity index (χ0v) is 15.4. The fourth-order valence-corrected chi connectivity index (χ4v) is 3.12. The minimum absolute atomic E-state index is 0.00358. The van der Waals surface area contributed by atoms with Crippen LogP contribution in [0.1, 0.15) is 11.1 Å². The fourth-order valence-electron chi connectivity index (χ4n) is 3.12. The van der Waals surface area contributed by atoms with Crippen LogP contribution in [0.25, 0.3) is 0 Å². The summed E-state index contributed by atoms with van der Waals surface area (Å²) in [6.07, 6.45) is 0.591. The van der Waals surface area contributed by atoms with Gasteiger partial charge in [-0.1, -0.05) is 24.3 Å². The highest BCUT2D eigenvalue weighted by Crippen LogP contribution is 2.14. The summed E-state index contributed by atoms with van der Waals surface area (Å²) < 4.78 is 18.1. The lowest BCUT2D eigenvalue weighted by Crippen LogP contribution is -2.51. The summed E-state index contributed by atoms with van der Waals surface area (Å²) in [6.45, 7) is 2.11. The maximum atomic E-state index is 13.0. The summed E-state index contributed by atoms with van der Waals surface area (Å²) in [7, 11) is 1.61. The Morgan fingerprint density at radius 3 is 1.63 bits per heavy atom. The normalized spacial score (nSPS) is 14.1. The molecule has 0 saturated carbocycles. The lowest BCUT2D eigenvalue weighted by Gasteiger charge is -2.35. The molecule has 6 heteroatoms. The fraction of sp³-hybridized carbons (Fsp3) is 0.333. The third-order valence-corrected chi connectivity index (χ3v) is 4.77. The minimum Gasteiger partial charge on any atom is -0.497 e. The van der Waals surface area contributed by atoms with E-state index >= 15 is 0 Å². The Labute approximate surface area is 158 Å². The summed E-state index contributed by atoms with van der Waals surface area (Å²) in [5.74, 6) is 0.518. The number of amides is 2. The lowest BCUT2D eigenvalue weighted by atomic mass is 10.1. The van der Waals surface area contributed by atoms with E-state index in [0.29, 0.717) is 32.6 Å². The largest absolute Gasteiger partial charge is 0.497 e. The van der Waals surface area contributed by atoms with Crippen LogP contribution >= 0.6 is 0 Å². The van der Waals surface area contributed by atoms with Crippen LogP contribution in [0.3, 0.4) is 0 Å². The number of carbonyl (C=O) groups excluding carboxylic acids is 2. The second kappa shape index (κ2) is 8.66. The monoisotopic (exact) mass is 370 g/mol. The Kier molecular flexibility index (Phi) is 6.06. The average molecular weight is 370 g/mol. The van der Waals surface area contributed by atoms with Crippen molar-refractivity contribution in [2.75, 3.05) is 33.3 Å². The van der Waals surface area contributed by atoms with Crippen molar-refractivity contribution >= 4 is 11.8 Å². The van der Waals surface area contributed by atoms with Gasteiger partial charge in [0.25, 0.3) is 0 Å². The molecule has 2 amide bonds. The maximum absolute atomic E-state index is 13.0. The van der Waals surface area contributed by atoms with Crippen molar-refractivity contribution in [1.82, 2.24) is 9.80 Å². The number of benzene rings is 2. The number of hydrogen-bond donors (Lipinski definition) is 0. The molecule has 0 unspecified atom stereocenters. The van der Waals surface area contributed by atoms with Gasteiger partial charge in [-0.3, -0.25) is 9.59 Å². The molecule has 2 aromatic carbocycles. The van der Waals surface area contributed by atoms with Crippen LogP contribution in [0, 0.1) is 5.82 Å². The Hall–Kier alpha value is -2.89. The topological polar surface area (TPSA) is 49.9 Å². The molecule has 0 spiro atoms. The first-order valence-electron chi connectivity index (χ1n) is 8.98. The molecule has 1 fully saturated rings. The number of methoxy groups -OCH3 is 1. The minimum atomic E-state index is -0.310. The van der Waals surface area contributed by atoms with E-state index in [0.717, 1.165) is 16.9 Å². The molecule has 2 aromatic rings. The van der Waals surface area contributed by atoms with Gasteiger partial charge in [-0.2, -0.15) is 0 Å². The van der Waals surface area contributed by atoms with Crippen molar-refractivity contribution in [2.24, 2.45) is 0 Å². The van der Waals surface area contributed by atoms with E-state index in [-0.39, 0.29) is 24.1 Å². The van der Waals surface area contributed by atoms with Gasteiger partial charge in [0.05, 0.1) is 20.0 Å². The van der Waals surface area contributed by atoms with E-state index < -0.39 is 0 Å². The molecule has 27 heavy (non-hydrogen) atoms. The molecule has 1 saturated heterocycles. The molecule has 5 nitrogen and oxygen atoms in total. The van der Waals surface area contributed by atoms with Gasteiger partial charge in [0.2, 0.25) is 11.8 Å². The standard InChI is InChI=1S/C21H23FN2O3/c1-27-19-8-4-17(5-9-19)15-21(26)24-12-10-23(11-13-24)20(25)14-16-2-6-18(22)7-3-16/h2-9H,10-15H2,1H3. The van der Waals surface area contributed by atoms with Crippen molar-refractivity contribution in [1.29, 1.82) is 0 Å². The Balaban J connectivity index is 1.47. The molecule has 0 bridgehead atoms. The predicted molar refractivity (Wildman–Crippen MR) is 100.0 cm³/mol. The first-order valence-corrected chi connectivity index (χ1v) is 8.98. The van der Waals surface area contributed by atoms with Gasteiger partial charge < -0.3 is 14.5 Å². The van der Waals surface area contributed by atoms with E-state index in [1.807, 2.05) is 24.3 Å². The molecule has 0 N–H and O–H groups in total. The van der Waals surface area contributed by atoms with E-state index in [9.17, 15) is 14.0 Å². The molecule has 0 aliphatic carbocycles. The molecule has 0 radical (unpaired) electrons. The number of rotatable bonds is 5. The zero-order chi connectivity index (χ0) is 19.2. The van der Waals surface area contributed by atoms with Crippen molar-refractivity contribution in [3.05, 3.63) is 65.5 Å². The van der Waals surface area contributed by atoms with Gasteiger partial charge in [0, 0.05) is 26.2 Å². The van der Waals surface area contributed by atoms with Crippen molar-refractivity contribution in [2.45, 2.75) is 12.8 Å². The van der Waals surface area contributed by atoms with Crippen LogP contribution in [0.5, 0.6) is 5.75 Å². The summed E-state index contributed by atoms with van der Waals surface area (Å²) in [4.78, 5) is 28.4. The van der Waals surface area contributed by atoms with Gasteiger partial charge in [0.15, 0.2) is 0 Å². The number of piperazine rings is 1. The van der Waals surface area contributed by atoms with E-state index in [1.54, 1.807) is 29.0 Å². The molecule has 0 aromatic heterocycles. The number of nitrogens with zero attached hydrogens (tertiary/aromatic N) is 2. The predicted octanol–water partition coefficient (Wildman–Crippen LogP) is 2.29. The summed E-state index contributed by atoms with van der Waals surface area (Å²) in [5.41, 5.74) is 1.73. The molecule has 3 rings (SSSR count). The first kappa shape index (κ1) is 18.9. The second-order valence-electron chi connectivity index (χ2n) is 6.59. The quantitative estimate of drug-likeness (QED) is 0.811. The molecular weight excluding hydrogens is 347 g/mol. The molecule has 0 atom stereocenters. The smallest absolute Gasteiger partial charge is 0.227 e. The number of ether oxygens (including phenoxy) is 1. The number of hydrogen-bond acceptors (Lipinski definition) is 3. The van der Waals surface area contributed by atoms with Crippen LogP contribution in [-0.4, -0.2) is 54.9 Å². The van der Waals surface area contributed by atoms with Crippen LogP contribution < -0.4 is 4.74 Å². The molecule has 1 aliphatic heterocycles. The van der Waals surface area contributed by atoms with Gasteiger partial charge in [0.1, 0.15) is 11.6 Å². The molecular formula is C21H23FN2O3. The third-order valence-electron chi connectivity index (χ3n) is 4.77. The summed E-state index contributed by atoms with van der Waals surface area (Å²) in [6, 6.07) is 13.4. The van der Waals surface area contributed by atoms with Crippen LogP contribution in [0.15, 0.2) is 48.5 Å². The third kappa shape index (κ3) is 5.06.